The summed E-state index contributed by atoms with van der Waals surface area (Å²) in [5.74, 6) is -0.259. The van der Waals surface area contributed by atoms with Crippen molar-refractivity contribution in [2.75, 3.05) is 6.61 Å². The summed E-state index contributed by atoms with van der Waals surface area (Å²) in [5.41, 5.74) is 0.186. The number of aryl methyl sites for hydroxylation is 1. The maximum atomic E-state index is 11.2. The van der Waals surface area contributed by atoms with Crippen molar-refractivity contribution < 1.29 is 9.94 Å². The third-order valence-corrected chi connectivity index (χ3v) is 1.87. The smallest absolute Gasteiger partial charge is 0.223 e. The van der Waals surface area contributed by atoms with Gasteiger partial charge in [-0.2, -0.15) is 0 Å². The highest BCUT2D eigenvalue weighted by Crippen LogP contribution is 2.03. The molecule has 0 fully saturated rings. The minimum absolute atomic E-state index is 0.259. The number of aromatic nitrogens is 1. The summed E-state index contributed by atoms with van der Waals surface area (Å²) in [7, 11) is 0. The number of hydrogen-bond acceptors (Lipinski definition) is 4. The van der Waals surface area contributed by atoms with E-state index in [0.29, 0.717) is 18.8 Å². The van der Waals surface area contributed by atoms with Crippen LogP contribution in [-0.2, 0) is 11.4 Å². The molecule has 0 amide bonds. The molecular weight excluding hydrogens is 196 g/mol. The minimum Gasteiger partial charge on any atom is -0.503 e. The van der Waals surface area contributed by atoms with Crippen LogP contribution in [0.4, 0.5) is 0 Å². The Morgan fingerprint density at radius 2 is 2.33 bits per heavy atom. The van der Waals surface area contributed by atoms with Gasteiger partial charge in [-0.05, 0) is 13.8 Å². The summed E-state index contributed by atoms with van der Waals surface area (Å²) in [6.07, 6.45) is 2.84. The molecule has 0 unspecified atom stereocenters. The zero-order chi connectivity index (χ0) is 11.3. The van der Waals surface area contributed by atoms with E-state index in [9.17, 15) is 9.90 Å². The van der Waals surface area contributed by atoms with Crippen LogP contribution in [0.25, 0.3) is 0 Å². The Bertz CT molecular complexity index is 410. The van der Waals surface area contributed by atoms with Gasteiger partial charge in [0.1, 0.15) is 6.61 Å². The number of aromatic hydroxyl groups is 1. The highest BCUT2D eigenvalue weighted by Gasteiger charge is 2.02. The van der Waals surface area contributed by atoms with Gasteiger partial charge in [0, 0.05) is 12.6 Å². The third kappa shape index (κ3) is 2.83. The topological polar surface area (TPSA) is 63.8 Å². The van der Waals surface area contributed by atoms with E-state index < -0.39 is 5.43 Å². The fourth-order valence-corrected chi connectivity index (χ4v) is 1.13. The van der Waals surface area contributed by atoms with Gasteiger partial charge in [-0.1, -0.05) is 5.16 Å². The summed E-state index contributed by atoms with van der Waals surface area (Å²) in [6.45, 7) is 4.84. The van der Waals surface area contributed by atoms with Crippen LogP contribution in [0.3, 0.4) is 0 Å². The highest BCUT2D eigenvalue weighted by molar-refractivity contribution is 5.76. The maximum Gasteiger partial charge on any atom is 0.223 e. The Morgan fingerprint density at radius 3 is 2.93 bits per heavy atom. The molecule has 1 N–H and O–H groups in total. The average Bonchev–Trinajstić information content (AvgIpc) is 2.23. The molecule has 1 aromatic rings. The number of nitrogens with zero attached hydrogens (tertiary/aromatic N) is 2. The molecule has 0 radical (unpaired) electrons. The van der Waals surface area contributed by atoms with Crippen LogP contribution in [0.15, 0.2) is 22.2 Å². The SMILES string of the molecule is CCON=Cc1cc(=O)c(O)cn1CC. The number of hydrogen-bond donors (Lipinski definition) is 1. The van der Waals surface area contributed by atoms with Gasteiger partial charge in [-0.25, -0.2) is 0 Å². The van der Waals surface area contributed by atoms with E-state index in [1.54, 1.807) is 4.57 Å². The Balaban J connectivity index is 3.05. The first-order valence-electron chi connectivity index (χ1n) is 4.77. The molecular formula is C10H14N2O3. The van der Waals surface area contributed by atoms with Gasteiger partial charge >= 0.3 is 0 Å². The monoisotopic (exact) mass is 210 g/mol. The fraction of sp³-hybridized carbons (Fsp3) is 0.400. The van der Waals surface area contributed by atoms with Gasteiger partial charge in [-0.15, -0.1) is 0 Å². The van der Waals surface area contributed by atoms with Crippen molar-refractivity contribution >= 4 is 6.21 Å². The van der Waals surface area contributed by atoms with Crippen LogP contribution in [-0.4, -0.2) is 22.5 Å². The summed E-state index contributed by atoms with van der Waals surface area (Å²) in [6, 6.07) is 1.32. The van der Waals surface area contributed by atoms with Crippen LogP contribution in [0, 0.1) is 0 Å². The highest BCUT2D eigenvalue weighted by atomic mass is 16.6. The number of pyridine rings is 1. The molecule has 0 atom stereocenters. The maximum absolute atomic E-state index is 11.2. The van der Waals surface area contributed by atoms with Gasteiger partial charge in [0.15, 0.2) is 5.75 Å². The van der Waals surface area contributed by atoms with Crippen molar-refractivity contribution in [2.24, 2.45) is 5.16 Å². The van der Waals surface area contributed by atoms with Gasteiger partial charge < -0.3 is 14.5 Å². The Labute approximate surface area is 87.6 Å². The van der Waals surface area contributed by atoms with Crippen molar-refractivity contribution in [3.05, 3.63) is 28.2 Å². The second kappa shape index (κ2) is 5.19. The van der Waals surface area contributed by atoms with Crippen molar-refractivity contribution in [2.45, 2.75) is 20.4 Å². The molecule has 1 rings (SSSR count). The van der Waals surface area contributed by atoms with Crippen LogP contribution in [0.5, 0.6) is 5.75 Å². The molecule has 0 bridgehead atoms. The van der Waals surface area contributed by atoms with E-state index in [4.69, 9.17) is 4.84 Å². The van der Waals surface area contributed by atoms with Gasteiger partial charge in [0.2, 0.25) is 5.43 Å². The normalized spacial score (nSPS) is 10.8. The van der Waals surface area contributed by atoms with Crippen molar-refractivity contribution in [3.8, 4) is 5.75 Å². The third-order valence-electron chi connectivity index (χ3n) is 1.87. The molecule has 0 spiro atoms. The quantitative estimate of drug-likeness (QED) is 0.594. The lowest BCUT2D eigenvalue weighted by Crippen LogP contribution is -2.11. The first-order valence-corrected chi connectivity index (χ1v) is 4.77. The number of oxime groups is 1. The Morgan fingerprint density at radius 1 is 1.60 bits per heavy atom. The van der Waals surface area contributed by atoms with E-state index >= 15 is 0 Å². The molecule has 0 aliphatic heterocycles. The summed E-state index contributed by atoms with van der Waals surface area (Å²) in [5, 5.41) is 12.9. The molecule has 15 heavy (non-hydrogen) atoms. The van der Waals surface area contributed by atoms with Gasteiger partial charge in [0.25, 0.3) is 0 Å². The van der Waals surface area contributed by atoms with E-state index in [-0.39, 0.29) is 5.75 Å². The predicted molar refractivity (Wildman–Crippen MR) is 57.3 cm³/mol. The largest absolute Gasteiger partial charge is 0.503 e. The van der Waals surface area contributed by atoms with E-state index in [0.717, 1.165) is 0 Å². The predicted octanol–water partition coefficient (Wildman–Crippen LogP) is 0.944. The van der Waals surface area contributed by atoms with Gasteiger partial charge in [-0.3, -0.25) is 4.79 Å². The summed E-state index contributed by atoms with van der Waals surface area (Å²) in [4.78, 5) is 16.0. The van der Waals surface area contributed by atoms with E-state index in [2.05, 4.69) is 5.16 Å². The molecule has 1 heterocycles. The number of rotatable bonds is 4. The van der Waals surface area contributed by atoms with Crippen LogP contribution >= 0.6 is 0 Å². The molecule has 0 saturated carbocycles. The van der Waals surface area contributed by atoms with Crippen molar-refractivity contribution in [1.29, 1.82) is 0 Å². The van der Waals surface area contributed by atoms with E-state index in [1.807, 2.05) is 13.8 Å². The first kappa shape index (κ1) is 11.3. The molecule has 0 aliphatic carbocycles. The zero-order valence-electron chi connectivity index (χ0n) is 8.80. The Kier molecular flexibility index (Phi) is 3.91. The molecule has 0 aliphatic rings. The lowest BCUT2D eigenvalue weighted by atomic mass is 10.3. The second-order valence-corrected chi connectivity index (χ2v) is 2.89. The zero-order valence-corrected chi connectivity index (χ0v) is 8.80. The lowest BCUT2D eigenvalue weighted by molar-refractivity contribution is 0.160. The minimum atomic E-state index is -0.419. The van der Waals surface area contributed by atoms with Gasteiger partial charge in [0.05, 0.1) is 18.1 Å². The average molecular weight is 210 g/mol. The van der Waals surface area contributed by atoms with Crippen molar-refractivity contribution in [1.82, 2.24) is 4.57 Å². The standard InChI is InChI=1S/C10H14N2O3/c1-3-12-7-10(14)9(13)5-8(12)6-11-15-4-2/h5-7,14H,3-4H2,1-2H3. The van der Waals surface area contributed by atoms with E-state index in [1.165, 1.54) is 18.5 Å². The Hall–Kier alpha value is -1.78. The molecule has 0 aromatic carbocycles. The molecule has 5 nitrogen and oxygen atoms in total. The molecule has 82 valence electrons. The molecule has 0 saturated heterocycles. The first-order chi connectivity index (χ1) is 7.19. The van der Waals surface area contributed by atoms with Crippen LogP contribution < -0.4 is 5.43 Å². The lowest BCUT2D eigenvalue weighted by Gasteiger charge is -2.07. The molecule has 5 heteroatoms. The molecule has 1 aromatic heterocycles. The summed E-state index contributed by atoms with van der Waals surface area (Å²) < 4.78 is 1.71. The van der Waals surface area contributed by atoms with Crippen LogP contribution in [0.2, 0.25) is 0 Å². The van der Waals surface area contributed by atoms with Crippen LogP contribution in [0.1, 0.15) is 19.5 Å². The van der Waals surface area contributed by atoms with Crippen molar-refractivity contribution in [3.63, 3.8) is 0 Å². The summed E-state index contributed by atoms with van der Waals surface area (Å²) >= 11 is 0. The second-order valence-electron chi connectivity index (χ2n) is 2.89. The fourth-order valence-electron chi connectivity index (χ4n) is 1.13.